The number of benzene rings is 1. The fourth-order valence-corrected chi connectivity index (χ4v) is 1.80. The van der Waals surface area contributed by atoms with Crippen molar-refractivity contribution in [3.63, 3.8) is 0 Å². The summed E-state index contributed by atoms with van der Waals surface area (Å²) >= 11 is 0. The predicted octanol–water partition coefficient (Wildman–Crippen LogP) is 3.57. The minimum atomic E-state index is 0.122. The molecule has 0 amide bonds. The van der Waals surface area contributed by atoms with Gasteiger partial charge in [-0.3, -0.25) is 0 Å². The second-order valence-electron chi connectivity index (χ2n) is 5.50. The minimum absolute atomic E-state index is 0.122. The third-order valence-corrected chi connectivity index (χ3v) is 2.90. The zero-order chi connectivity index (χ0) is 11.8. The highest BCUT2D eigenvalue weighted by Gasteiger charge is 2.28. The molecule has 0 aromatic heterocycles. The first-order valence-electron chi connectivity index (χ1n) is 6.00. The molecular weight excluding hydrogens is 198 g/mol. The van der Waals surface area contributed by atoms with E-state index in [0.717, 1.165) is 11.4 Å². The highest BCUT2D eigenvalue weighted by Crippen LogP contribution is 2.40. The van der Waals surface area contributed by atoms with E-state index in [1.165, 1.54) is 18.4 Å². The van der Waals surface area contributed by atoms with Crippen LogP contribution in [-0.2, 0) is 5.41 Å². The summed E-state index contributed by atoms with van der Waals surface area (Å²) in [5.74, 6) is 1.04. The van der Waals surface area contributed by atoms with Crippen molar-refractivity contribution in [2.45, 2.75) is 45.1 Å². The summed E-state index contributed by atoms with van der Waals surface area (Å²) in [5.41, 5.74) is 2.50. The second-order valence-corrected chi connectivity index (χ2v) is 5.50. The number of anilines is 1. The second kappa shape index (κ2) is 4.00. The Morgan fingerprint density at radius 1 is 1.25 bits per heavy atom. The quantitative estimate of drug-likeness (QED) is 0.839. The Kier molecular flexibility index (Phi) is 2.83. The van der Waals surface area contributed by atoms with Crippen molar-refractivity contribution in [1.82, 2.24) is 0 Å². The molecule has 16 heavy (non-hydrogen) atoms. The SMILES string of the molecule is CNc1cccc(C(C)(C)C)c1OC1CC1. The molecule has 1 fully saturated rings. The summed E-state index contributed by atoms with van der Waals surface area (Å²) in [6.45, 7) is 6.67. The maximum Gasteiger partial charge on any atom is 0.146 e. The van der Waals surface area contributed by atoms with E-state index in [-0.39, 0.29) is 5.41 Å². The fourth-order valence-electron chi connectivity index (χ4n) is 1.80. The number of ether oxygens (including phenoxy) is 1. The smallest absolute Gasteiger partial charge is 0.146 e. The van der Waals surface area contributed by atoms with Gasteiger partial charge in [-0.25, -0.2) is 0 Å². The van der Waals surface area contributed by atoms with Gasteiger partial charge in [0.2, 0.25) is 0 Å². The van der Waals surface area contributed by atoms with Gasteiger partial charge < -0.3 is 10.1 Å². The average molecular weight is 219 g/mol. The van der Waals surface area contributed by atoms with Gasteiger partial charge in [0, 0.05) is 12.6 Å². The predicted molar refractivity (Wildman–Crippen MR) is 68.3 cm³/mol. The van der Waals surface area contributed by atoms with Gasteiger partial charge >= 0.3 is 0 Å². The Labute approximate surface area is 98.0 Å². The first kappa shape index (κ1) is 11.3. The van der Waals surface area contributed by atoms with Crippen molar-refractivity contribution in [3.05, 3.63) is 23.8 Å². The molecule has 0 bridgehead atoms. The molecule has 0 unspecified atom stereocenters. The molecule has 0 atom stereocenters. The molecule has 0 heterocycles. The van der Waals surface area contributed by atoms with Gasteiger partial charge in [0.05, 0.1) is 11.8 Å². The van der Waals surface area contributed by atoms with Crippen LogP contribution in [0, 0.1) is 0 Å². The first-order valence-corrected chi connectivity index (χ1v) is 6.00. The van der Waals surface area contributed by atoms with E-state index in [1.807, 2.05) is 7.05 Å². The van der Waals surface area contributed by atoms with Gasteiger partial charge in [0.1, 0.15) is 5.75 Å². The number of hydrogen-bond donors (Lipinski definition) is 1. The molecule has 0 radical (unpaired) electrons. The lowest BCUT2D eigenvalue weighted by molar-refractivity contribution is 0.296. The molecular formula is C14H21NO. The third kappa shape index (κ3) is 2.31. The Hall–Kier alpha value is -1.18. The number of hydrogen-bond acceptors (Lipinski definition) is 2. The maximum atomic E-state index is 6.04. The summed E-state index contributed by atoms with van der Waals surface area (Å²) in [6, 6.07) is 6.33. The molecule has 2 nitrogen and oxygen atoms in total. The normalized spacial score (nSPS) is 16.0. The van der Waals surface area contributed by atoms with Gasteiger partial charge in [-0.05, 0) is 24.3 Å². The Morgan fingerprint density at radius 2 is 1.94 bits per heavy atom. The number of nitrogens with one attached hydrogen (secondary N) is 1. The van der Waals surface area contributed by atoms with Crippen LogP contribution in [0.1, 0.15) is 39.2 Å². The van der Waals surface area contributed by atoms with E-state index in [2.05, 4.69) is 44.3 Å². The van der Waals surface area contributed by atoms with Crippen LogP contribution >= 0.6 is 0 Å². The van der Waals surface area contributed by atoms with Gasteiger partial charge in [0.15, 0.2) is 0 Å². The molecule has 2 rings (SSSR count). The molecule has 1 aliphatic carbocycles. The van der Waals surface area contributed by atoms with Gasteiger partial charge in [-0.2, -0.15) is 0 Å². The van der Waals surface area contributed by atoms with Crippen molar-refractivity contribution < 1.29 is 4.74 Å². The molecule has 0 aliphatic heterocycles. The van der Waals surface area contributed by atoms with E-state index in [4.69, 9.17) is 4.74 Å². The van der Waals surface area contributed by atoms with Crippen LogP contribution in [-0.4, -0.2) is 13.2 Å². The highest BCUT2D eigenvalue weighted by atomic mass is 16.5. The largest absolute Gasteiger partial charge is 0.488 e. The van der Waals surface area contributed by atoms with E-state index in [9.17, 15) is 0 Å². The molecule has 88 valence electrons. The first-order chi connectivity index (χ1) is 7.52. The highest BCUT2D eigenvalue weighted by molar-refractivity contribution is 5.61. The molecule has 1 aliphatic rings. The van der Waals surface area contributed by atoms with Gasteiger partial charge in [-0.1, -0.05) is 32.9 Å². The van der Waals surface area contributed by atoms with Crippen molar-refractivity contribution in [3.8, 4) is 5.75 Å². The zero-order valence-corrected chi connectivity index (χ0v) is 10.6. The van der Waals surface area contributed by atoms with Crippen LogP contribution < -0.4 is 10.1 Å². The molecule has 1 saturated carbocycles. The zero-order valence-electron chi connectivity index (χ0n) is 10.6. The van der Waals surface area contributed by atoms with E-state index < -0.39 is 0 Å². The molecule has 1 N–H and O–H groups in total. The topological polar surface area (TPSA) is 21.3 Å². The lowest BCUT2D eigenvalue weighted by atomic mass is 9.86. The summed E-state index contributed by atoms with van der Waals surface area (Å²) in [6.07, 6.45) is 2.83. The Morgan fingerprint density at radius 3 is 2.44 bits per heavy atom. The lowest BCUT2D eigenvalue weighted by Gasteiger charge is -2.24. The van der Waals surface area contributed by atoms with Crippen LogP contribution in [0.5, 0.6) is 5.75 Å². The fraction of sp³-hybridized carbons (Fsp3) is 0.571. The van der Waals surface area contributed by atoms with Crippen molar-refractivity contribution in [1.29, 1.82) is 0 Å². The molecule has 0 spiro atoms. The van der Waals surface area contributed by atoms with Crippen LogP contribution in [0.15, 0.2) is 18.2 Å². The molecule has 0 saturated heterocycles. The van der Waals surface area contributed by atoms with Crippen LogP contribution in [0.25, 0.3) is 0 Å². The van der Waals surface area contributed by atoms with Crippen molar-refractivity contribution in [2.24, 2.45) is 0 Å². The van der Waals surface area contributed by atoms with Crippen molar-refractivity contribution in [2.75, 3.05) is 12.4 Å². The maximum absolute atomic E-state index is 6.04. The number of para-hydroxylation sites is 1. The van der Waals surface area contributed by atoms with Crippen LogP contribution in [0.4, 0.5) is 5.69 Å². The Bertz CT molecular complexity index is 375. The van der Waals surface area contributed by atoms with E-state index in [0.29, 0.717) is 6.10 Å². The Balaban J connectivity index is 2.41. The summed E-state index contributed by atoms with van der Waals surface area (Å²) in [4.78, 5) is 0. The summed E-state index contributed by atoms with van der Waals surface area (Å²) in [5, 5.41) is 3.22. The van der Waals surface area contributed by atoms with Crippen LogP contribution in [0.3, 0.4) is 0 Å². The number of rotatable bonds is 3. The molecule has 1 aromatic carbocycles. The molecule has 1 aromatic rings. The lowest BCUT2D eigenvalue weighted by Crippen LogP contribution is -2.15. The van der Waals surface area contributed by atoms with Crippen molar-refractivity contribution >= 4 is 5.69 Å². The van der Waals surface area contributed by atoms with E-state index in [1.54, 1.807) is 0 Å². The standard InChI is InChI=1S/C14H21NO/c1-14(2,3)11-6-5-7-12(15-4)13(11)16-10-8-9-10/h5-7,10,15H,8-9H2,1-4H3. The minimum Gasteiger partial charge on any atom is -0.488 e. The summed E-state index contributed by atoms with van der Waals surface area (Å²) < 4.78 is 6.04. The average Bonchev–Trinajstić information content (AvgIpc) is 3.00. The monoisotopic (exact) mass is 219 g/mol. The molecule has 2 heteroatoms. The van der Waals surface area contributed by atoms with E-state index >= 15 is 0 Å². The van der Waals surface area contributed by atoms with Gasteiger partial charge in [-0.15, -0.1) is 0 Å². The third-order valence-electron chi connectivity index (χ3n) is 2.90. The van der Waals surface area contributed by atoms with Crippen LogP contribution in [0.2, 0.25) is 0 Å². The summed E-state index contributed by atoms with van der Waals surface area (Å²) in [7, 11) is 1.95. The van der Waals surface area contributed by atoms with Gasteiger partial charge in [0.25, 0.3) is 0 Å².